The Labute approximate surface area is 177 Å². The predicted octanol–water partition coefficient (Wildman–Crippen LogP) is 3.57. The van der Waals surface area contributed by atoms with E-state index >= 15 is 0 Å². The molecule has 156 valence electrons. The smallest absolute Gasteiger partial charge is 0.234 e. The van der Waals surface area contributed by atoms with E-state index in [0.717, 1.165) is 54.4 Å². The molecule has 0 atom stereocenters. The van der Waals surface area contributed by atoms with Crippen LogP contribution in [0, 0.1) is 0 Å². The van der Waals surface area contributed by atoms with E-state index in [2.05, 4.69) is 21.4 Å². The highest BCUT2D eigenvalue weighted by molar-refractivity contribution is 5.79. The second kappa shape index (κ2) is 9.67. The molecule has 1 saturated carbocycles. The van der Waals surface area contributed by atoms with Gasteiger partial charge in [0.15, 0.2) is 0 Å². The number of rotatable bonds is 7. The minimum Gasteiger partial charge on any atom is -0.490 e. The molecule has 6 heteroatoms. The van der Waals surface area contributed by atoms with Gasteiger partial charge in [0.05, 0.1) is 18.2 Å². The fourth-order valence-electron chi connectivity index (χ4n) is 4.02. The molecular formula is C24H28N4O2. The van der Waals surface area contributed by atoms with Crippen molar-refractivity contribution in [2.24, 2.45) is 0 Å². The number of hydrogen-bond acceptors (Lipinski definition) is 5. The van der Waals surface area contributed by atoms with Crippen molar-refractivity contribution < 1.29 is 9.53 Å². The molecule has 6 nitrogen and oxygen atoms in total. The molecule has 4 rings (SSSR count). The minimum atomic E-state index is 0.0814. The third-order valence-electron chi connectivity index (χ3n) is 5.53. The summed E-state index contributed by atoms with van der Waals surface area (Å²) in [6.07, 6.45) is 9.33. The molecule has 0 spiro atoms. The first-order valence-electron chi connectivity index (χ1n) is 10.5. The number of aromatic nitrogens is 2. The highest BCUT2D eigenvalue weighted by atomic mass is 16.5. The lowest BCUT2D eigenvalue weighted by atomic mass is 9.93. The average molecular weight is 405 g/mol. The SMILES string of the molecule is CN(CC(=O)NC1CCC(Oc2ccc3ncccc3c2)CC1)Cc1ccncc1. The molecule has 1 N–H and O–H groups in total. The standard InChI is InChI=1S/C24H28N4O2/c1-28(16-18-10-13-25-14-11-18)17-24(29)27-20-4-6-21(7-5-20)30-22-8-9-23-19(15-22)3-2-12-26-23/h2-3,8-15,20-21H,4-7,16-17H2,1H3,(H,27,29). The summed E-state index contributed by atoms with van der Waals surface area (Å²) in [4.78, 5) is 22.8. The van der Waals surface area contributed by atoms with Gasteiger partial charge in [0, 0.05) is 36.6 Å². The Kier molecular flexibility index (Phi) is 6.54. The minimum absolute atomic E-state index is 0.0814. The number of fused-ring (bicyclic) bond motifs is 1. The van der Waals surface area contributed by atoms with Gasteiger partial charge in [0.2, 0.25) is 5.91 Å². The van der Waals surface area contributed by atoms with E-state index in [1.807, 2.05) is 48.3 Å². The first-order chi connectivity index (χ1) is 14.7. The van der Waals surface area contributed by atoms with E-state index < -0.39 is 0 Å². The number of benzene rings is 1. The Bertz CT molecular complexity index is 971. The zero-order valence-corrected chi connectivity index (χ0v) is 17.3. The van der Waals surface area contributed by atoms with Gasteiger partial charge in [-0.15, -0.1) is 0 Å². The number of carbonyl (C=O) groups is 1. The first-order valence-corrected chi connectivity index (χ1v) is 10.5. The second-order valence-electron chi connectivity index (χ2n) is 8.04. The van der Waals surface area contributed by atoms with Gasteiger partial charge in [-0.3, -0.25) is 19.7 Å². The van der Waals surface area contributed by atoms with Crippen LogP contribution in [0.5, 0.6) is 5.75 Å². The molecule has 0 radical (unpaired) electrons. The maximum atomic E-state index is 12.4. The Balaban J connectivity index is 1.20. The highest BCUT2D eigenvalue weighted by Crippen LogP contribution is 2.26. The van der Waals surface area contributed by atoms with Crippen LogP contribution in [0.25, 0.3) is 10.9 Å². The first kappa shape index (κ1) is 20.3. The van der Waals surface area contributed by atoms with Crippen molar-refractivity contribution in [3.05, 3.63) is 66.6 Å². The van der Waals surface area contributed by atoms with Crippen molar-refractivity contribution in [2.45, 2.75) is 44.4 Å². The molecule has 2 heterocycles. The van der Waals surface area contributed by atoms with Crippen LogP contribution in [0.15, 0.2) is 61.1 Å². The Hall–Kier alpha value is -2.99. The largest absolute Gasteiger partial charge is 0.490 e. The lowest BCUT2D eigenvalue weighted by Gasteiger charge is -2.30. The van der Waals surface area contributed by atoms with Crippen LogP contribution in [-0.4, -0.2) is 46.5 Å². The molecule has 1 aliphatic carbocycles. The Morgan fingerprint density at radius 3 is 2.70 bits per heavy atom. The summed E-state index contributed by atoms with van der Waals surface area (Å²) in [5.74, 6) is 0.971. The third-order valence-corrected chi connectivity index (χ3v) is 5.53. The third kappa shape index (κ3) is 5.54. The summed E-state index contributed by atoms with van der Waals surface area (Å²) in [6, 6.07) is 14.2. The molecule has 0 unspecified atom stereocenters. The molecule has 3 aromatic rings. The molecule has 1 amide bonds. The summed E-state index contributed by atoms with van der Waals surface area (Å²) in [7, 11) is 1.96. The van der Waals surface area contributed by atoms with Crippen molar-refractivity contribution in [1.82, 2.24) is 20.2 Å². The van der Waals surface area contributed by atoms with Gasteiger partial charge in [0.25, 0.3) is 0 Å². The summed E-state index contributed by atoms with van der Waals surface area (Å²) in [6.45, 7) is 1.13. The number of nitrogens with zero attached hydrogens (tertiary/aromatic N) is 3. The van der Waals surface area contributed by atoms with Crippen LogP contribution in [0.1, 0.15) is 31.2 Å². The predicted molar refractivity (Wildman–Crippen MR) is 117 cm³/mol. The molecular weight excluding hydrogens is 376 g/mol. The van der Waals surface area contributed by atoms with Crippen molar-refractivity contribution in [3.63, 3.8) is 0 Å². The molecule has 0 aliphatic heterocycles. The topological polar surface area (TPSA) is 67.4 Å². The van der Waals surface area contributed by atoms with Gasteiger partial charge < -0.3 is 10.1 Å². The fourth-order valence-corrected chi connectivity index (χ4v) is 4.02. The van der Waals surface area contributed by atoms with Crippen LogP contribution >= 0.6 is 0 Å². The molecule has 1 aliphatic rings. The van der Waals surface area contributed by atoms with E-state index in [1.54, 1.807) is 18.6 Å². The zero-order chi connectivity index (χ0) is 20.8. The highest BCUT2D eigenvalue weighted by Gasteiger charge is 2.24. The van der Waals surface area contributed by atoms with Crippen LogP contribution in [0.4, 0.5) is 0 Å². The lowest BCUT2D eigenvalue weighted by molar-refractivity contribution is -0.123. The van der Waals surface area contributed by atoms with Crippen LogP contribution in [0.2, 0.25) is 0 Å². The second-order valence-corrected chi connectivity index (χ2v) is 8.04. The molecule has 2 aromatic heterocycles. The number of amides is 1. The fraction of sp³-hybridized carbons (Fsp3) is 0.375. The number of ether oxygens (including phenoxy) is 1. The van der Waals surface area contributed by atoms with Crippen LogP contribution in [-0.2, 0) is 11.3 Å². The van der Waals surface area contributed by atoms with Crippen LogP contribution in [0.3, 0.4) is 0 Å². The van der Waals surface area contributed by atoms with Crippen molar-refractivity contribution in [2.75, 3.05) is 13.6 Å². The van der Waals surface area contributed by atoms with Crippen LogP contribution < -0.4 is 10.1 Å². The van der Waals surface area contributed by atoms with Gasteiger partial charge in [-0.2, -0.15) is 0 Å². The summed E-state index contributed by atoms with van der Waals surface area (Å²) in [5, 5.41) is 4.28. The van der Waals surface area contributed by atoms with Gasteiger partial charge >= 0.3 is 0 Å². The average Bonchev–Trinajstić information content (AvgIpc) is 2.75. The number of nitrogens with one attached hydrogen (secondary N) is 1. The number of hydrogen-bond donors (Lipinski definition) is 1. The van der Waals surface area contributed by atoms with E-state index in [4.69, 9.17) is 4.74 Å². The van der Waals surface area contributed by atoms with Crippen molar-refractivity contribution in [1.29, 1.82) is 0 Å². The maximum Gasteiger partial charge on any atom is 0.234 e. The molecule has 0 saturated heterocycles. The maximum absolute atomic E-state index is 12.4. The van der Waals surface area contributed by atoms with Crippen molar-refractivity contribution >= 4 is 16.8 Å². The number of likely N-dealkylation sites (N-methyl/N-ethyl adjacent to an activating group) is 1. The van der Waals surface area contributed by atoms with Crippen molar-refractivity contribution in [3.8, 4) is 5.75 Å². The summed E-state index contributed by atoms with van der Waals surface area (Å²) in [5.41, 5.74) is 2.13. The molecule has 1 fully saturated rings. The van der Waals surface area contributed by atoms with Gasteiger partial charge in [0.1, 0.15) is 5.75 Å². The van der Waals surface area contributed by atoms with Gasteiger partial charge in [-0.25, -0.2) is 0 Å². The molecule has 30 heavy (non-hydrogen) atoms. The van der Waals surface area contributed by atoms with E-state index in [9.17, 15) is 4.79 Å². The quantitative estimate of drug-likeness (QED) is 0.652. The summed E-state index contributed by atoms with van der Waals surface area (Å²) >= 11 is 0. The normalized spacial score (nSPS) is 19.0. The van der Waals surface area contributed by atoms with E-state index in [0.29, 0.717) is 6.54 Å². The van der Waals surface area contributed by atoms with Gasteiger partial charge in [-0.05, 0) is 74.7 Å². The Morgan fingerprint density at radius 2 is 1.90 bits per heavy atom. The van der Waals surface area contributed by atoms with E-state index in [1.165, 1.54) is 0 Å². The monoisotopic (exact) mass is 404 g/mol. The zero-order valence-electron chi connectivity index (χ0n) is 17.3. The Morgan fingerprint density at radius 1 is 1.10 bits per heavy atom. The molecule has 0 bridgehead atoms. The lowest BCUT2D eigenvalue weighted by Crippen LogP contribution is -2.43. The van der Waals surface area contributed by atoms with Gasteiger partial charge in [-0.1, -0.05) is 6.07 Å². The number of carbonyl (C=O) groups excluding carboxylic acids is 1. The summed E-state index contributed by atoms with van der Waals surface area (Å²) < 4.78 is 6.19. The number of pyridine rings is 2. The molecule has 1 aromatic carbocycles. The van der Waals surface area contributed by atoms with E-state index in [-0.39, 0.29) is 18.1 Å².